The van der Waals surface area contributed by atoms with Crippen LogP contribution in [0.1, 0.15) is 186 Å². The van der Waals surface area contributed by atoms with Crippen LogP contribution in [0.2, 0.25) is 40.2 Å². The molecule has 742 valence electrons. The average molecular weight is 2120 g/mol. The van der Waals surface area contributed by atoms with E-state index in [9.17, 15) is 67.2 Å². The van der Waals surface area contributed by atoms with E-state index in [0.717, 1.165) is 32.4 Å². The molecule has 0 aliphatic rings. The van der Waals surface area contributed by atoms with Gasteiger partial charge in [0.25, 0.3) is 15.0 Å². The Morgan fingerprint density at radius 3 is 1.02 bits per heavy atom. The number of furan rings is 2. The van der Waals surface area contributed by atoms with Gasteiger partial charge in [0.15, 0.2) is 16.9 Å². The molecule has 0 unspecified atom stereocenters. The van der Waals surface area contributed by atoms with Crippen LogP contribution in [-0.4, -0.2) is 177 Å². The smallest absolute Gasteiger partial charge is 0.408 e. The molecule has 47 heteroatoms. The fraction of sp³-hybridized carbons (Fsp3) is 0.477. The Labute approximate surface area is 822 Å². The number of benzene rings is 4. The number of unbranched alkanes of at least 4 members (excludes halogenated alkanes) is 4. The Hall–Kier alpha value is -7.68. The minimum atomic E-state index is -3.78. The minimum Gasteiger partial charge on any atom is -0.480 e. The predicted octanol–water partition coefficient (Wildman–Crippen LogP) is 17.0. The Morgan fingerprint density at radius 1 is 0.421 bits per heavy atom. The lowest BCUT2D eigenvalue weighted by molar-refractivity contribution is -0.140. The van der Waals surface area contributed by atoms with Crippen LogP contribution in [0.4, 0.5) is 9.59 Å². The molecule has 5 amide bonds. The number of hydrogen-bond acceptors (Lipinski definition) is 24. The Bertz CT molecular complexity index is 5590. The van der Waals surface area contributed by atoms with E-state index in [1.165, 1.54) is 72.8 Å². The summed E-state index contributed by atoms with van der Waals surface area (Å²) in [6.45, 7) is 28.9. The second kappa shape index (κ2) is 59.5. The number of nitrogens with one attached hydrogen (secondary N) is 8. The van der Waals surface area contributed by atoms with Crippen LogP contribution >= 0.6 is 103 Å². The summed E-state index contributed by atoms with van der Waals surface area (Å²) in [4.78, 5) is 91.3. The van der Waals surface area contributed by atoms with Crippen LogP contribution in [-0.2, 0) is 63.0 Å². The first-order chi connectivity index (χ1) is 61.8. The molecule has 0 saturated heterocycles. The fourth-order valence-corrected chi connectivity index (χ4v) is 18.4. The van der Waals surface area contributed by atoms with Gasteiger partial charge in [0.1, 0.15) is 59.9 Å². The van der Waals surface area contributed by atoms with E-state index in [1.54, 1.807) is 92.0 Å². The monoisotopic (exact) mass is 2110 g/mol. The standard InChI is InChI=1S/C25H30Cl2N4O5S.C21H33Cl2N3O5S.C11H21NO4.C10H14Cl2N2O2S.C9H7NO3.C6H3Cl3O2S.C4H12N2/c1-15(2)13-19(31-25(33)23-16(3)22-20(36-23)7-6-11-28-22)24(32)29-10-4-5-12-30-37(34,35)21-9-8-17(26)14-18(21)27;1-14(2)12-17(26-20(28)31-21(3,4)5)19(27)24-10-6-7-11-25-32(29,30)18-9-8-15(22)13-16(18)23;1-7(2)6-8(9(13)14)12-10(15)16-11(3,4)5;11-8-3-4-10(9(12)7-8)17(15,16)14-6-2-1-5-13;1-5-7-6(3-2-4-10-7)13-8(5)9(11)12;7-4-1-2-6(5(8)3-4)12(9,10)11;5-3-1-2-4-6/h6-9,11,14-15,19,30H,4-5,10,12-13H2,1-3H3,(H,29,32)(H,31,33);8-9,13-14,17,25H,6-7,10-12H2,1-5H3,(H,24,27)(H,26,28);7-8H,6H2,1-5H3,(H,12,15)(H,13,14);3-4,7,14H,1-2,5-6,13H2;2-4H,1H3,(H,11,12);1-3H;1-6H2/t19-;17-;8-;;;;/m000..../s1. The summed E-state index contributed by atoms with van der Waals surface area (Å²) in [5, 5.41) is 32.7. The molecular weight excluding hydrogens is 2000 g/mol. The van der Waals surface area contributed by atoms with Crippen LogP contribution < -0.4 is 58.0 Å². The molecule has 0 radical (unpaired) electrons. The zero-order valence-electron chi connectivity index (χ0n) is 76.1. The van der Waals surface area contributed by atoms with Crippen molar-refractivity contribution in [3.63, 3.8) is 0 Å². The number of rotatable bonds is 38. The second-order valence-electron chi connectivity index (χ2n) is 32.5. The number of pyridine rings is 2. The lowest BCUT2D eigenvalue weighted by Gasteiger charge is -2.24. The summed E-state index contributed by atoms with van der Waals surface area (Å²) in [5.74, 6) is -2.58. The molecule has 34 nitrogen and oxygen atoms in total. The third-order valence-electron chi connectivity index (χ3n) is 17.2. The number of carboxylic acid groups (broad SMARTS) is 2. The van der Waals surface area contributed by atoms with E-state index < -0.39 is 98.5 Å². The highest BCUT2D eigenvalue weighted by Gasteiger charge is 2.30. The molecular formula is C86H120Cl9N13O21S4. The van der Waals surface area contributed by atoms with Crippen molar-refractivity contribution in [1.29, 1.82) is 0 Å². The highest BCUT2D eigenvalue weighted by molar-refractivity contribution is 8.13. The molecule has 8 rings (SSSR count). The van der Waals surface area contributed by atoms with Crippen molar-refractivity contribution in [3.8, 4) is 0 Å². The van der Waals surface area contributed by atoms with Crippen molar-refractivity contribution in [3.05, 3.63) is 172 Å². The Balaban J connectivity index is 0.000000560. The number of aliphatic carboxylic acids is 1. The second-order valence-corrected chi connectivity index (χ2v) is 43.6. The van der Waals surface area contributed by atoms with Gasteiger partial charge in [0.2, 0.25) is 47.6 Å². The average Bonchev–Trinajstić information content (AvgIpc) is 1.69. The highest BCUT2D eigenvalue weighted by atomic mass is 35.7. The van der Waals surface area contributed by atoms with Gasteiger partial charge in [-0.05, 0) is 260 Å². The van der Waals surface area contributed by atoms with Gasteiger partial charge in [-0.1, -0.05) is 134 Å². The Morgan fingerprint density at radius 2 is 0.714 bits per heavy atom. The summed E-state index contributed by atoms with van der Waals surface area (Å²) in [6, 6.07) is 21.1. The van der Waals surface area contributed by atoms with E-state index in [1.807, 2.05) is 41.5 Å². The van der Waals surface area contributed by atoms with E-state index in [0.29, 0.717) is 131 Å². The molecule has 0 aliphatic heterocycles. The number of hydrogen-bond donors (Lipinski definition) is 13. The minimum absolute atomic E-state index is 0.0255. The number of aromatic nitrogens is 2. The van der Waals surface area contributed by atoms with Gasteiger partial charge >= 0.3 is 24.1 Å². The number of sulfonamides is 3. The van der Waals surface area contributed by atoms with E-state index >= 15 is 0 Å². The van der Waals surface area contributed by atoms with Gasteiger partial charge in [-0.15, -0.1) is 0 Å². The van der Waals surface area contributed by atoms with Gasteiger partial charge in [-0.3, -0.25) is 24.4 Å². The number of carboxylic acids is 2. The first-order valence-corrected chi connectivity index (χ1v) is 51.4. The highest BCUT2D eigenvalue weighted by Crippen LogP contribution is 2.31. The number of amides is 5. The van der Waals surface area contributed by atoms with Crippen molar-refractivity contribution >= 4 is 207 Å². The largest absolute Gasteiger partial charge is 0.480 e. The van der Waals surface area contributed by atoms with Crippen LogP contribution in [0.3, 0.4) is 0 Å². The molecule has 3 atom stereocenters. The maximum absolute atomic E-state index is 12.9. The van der Waals surface area contributed by atoms with Crippen LogP contribution in [0.25, 0.3) is 22.2 Å². The maximum atomic E-state index is 12.9. The number of carbonyl (C=O) groups is 7. The first-order valence-electron chi connectivity index (χ1n) is 41.7. The number of halogens is 9. The number of aryl methyl sites for hydroxylation is 2. The van der Waals surface area contributed by atoms with Crippen LogP contribution in [0.5, 0.6) is 0 Å². The lowest BCUT2D eigenvalue weighted by Crippen LogP contribution is -2.49. The third-order valence-corrected chi connectivity index (χ3v) is 25.8. The summed E-state index contributed by atoms with van der Waals surface area (Å²) in [6.07, 6.45) is 8.84. The molecule has 0 spiro atoms. The quantitative estimate of drug-likeness (QED) is 0.0126. The summed E-state index contributed by atoms with van der Waals surface area (Å²) < 4.78 is 123. The van der Waals surface area contributed by atoms with Crippen molar-refractivity contribution < 1.29 is 95.8 Å². The van der Waals surface area contributed by atoms with E-state index in [2.05, 4.69) is 50.7 Å². The van der Waals surface area contributed by atoms with Gasteiger partial charge in [0, 0.05) is 87.0 Å². The number of fused-ring (bicyclic) bond motifs is 2. The number of nitrogens with two attached hydrogens (primary N) is 3. The molecule has 4 aromatic heterocycles. The van der Waals surface area contributed by atoms with Crippen molar-refractivity contribution in [2.45, 2.75) is 216 Å². The fourth-order valence-electron chi connectivity index (χ4n) is 11.1. The third kappa shape index (κ3) is 47.3. The summed E-state index contributed by atoms with van der Waals surface area (Å²) >= 11 is 46.2. The molecule has 0 saturated carbocycles. The van der Waals surface area contributed by atoms with Gasteiger partial charge < -0.3 is 72.3 Å². The number of nitrogens with zero attached hydrogens (tertiary/aromatic N) is 2. The van der Waals surface area contributed by atoms with Crippen molar-refractivity contribution in [2.75, 3.05) is 52.4 Å². The van der Waals surface area contributed by atoms with Crippen molar-refractivity contribution in [2.24, 2.45) is 35.0 Å². The number of aromatic carboxylic acids is 1. The lowest BCUT2D eigenvalue weighted by atomic mass is 10.0. The van der Waals surface area contributed by atoms with Gasteiger partial charge in [-0.25, -0.2) is 67.0 Å². The zero-order valence-corrected chi connectivity index (χ0v) is 86.2. The number of carbonyl (C=O) groups excluding carboxylic acids is 5. The first kappa shape index (κ1) is 121. The molecule has 4 heterocycles. The molecule has 0 aliphatic carbocycles. The molecule has 0 fully saturated rings. The van der Waals surface area contributed by atoms with Gasteiger partial charge in [0.05, 0.1) is 20.1 Å². The molecule has 16 N–H and O–H groups in total. The SMILES string of the molecule is CC(C)C[C@H](NC(=O)OC(C)(C)C)C(=O)NCCCCNS(=O)(=O)c1ccc(Cl)cc1Cl.CC(C)C[C@H](NC(=O)OC(C)(C)C)C(=O)O.Cc1c(C(=O)N[C@@H](CC(C)C)C(=O)NCCCCNS(=O)(=O)c2ccc(Cl)cc2Cl)oc2cccnc12.Cc1c(C(=O)O)oc2cccnc12.NCCCCN.NCCCCNS(=O)(=O)c1ccc(Cl)cc1Cl.O=S(=O)(Cl)c1ccc(Cl)cc1Cl. The predicted molar refractivity (Wildman–Crippen MR) is 523 cm³/mol. The molecule has 133 heavy (non-hydrogen) atoms. The molecule has 8 aromatic rings. The van der Waals surface area contributed by atoms with Crippen LogP contribution in [0.15, 0.2) is 138 Å². The topological polar surface area (TPSA) is 541 Å². The summed E-state index contributed by atoms with van der Waals surface area (Å²) in [7, 11) is -9.81. The normalized spacial score (nSPS) is 12.2. The van der Waals surface area contributed by atoms with Crippen LogP contribution in [0, 0.1) is 31.6 Å². The van der Waals surface area contributed by atoms with E-state index in [-0.39, 0.29) is 93.9 Å². The van der Waals surface area contributed by atoms with Gasteiger partial charge in [-0.2, -0.15) is 0 Å². The van der Waals surface area contributed by atoms with Crippen molar-refractivity contribution in [1.82, 2.24) is 50.7 Å². The van der Waals surface area contributed by atoms with E-state index in [4.69, 9.17) is 149 Å². The molecule has 4 aromatic carbocycles. The number of alkyl carbamates (subject to hydrolysis) is 2. The number of ether oxygens (including phenoxy) is 2. The zero-order chi connectivity index (χ0) is 101. The summed E-state index contributed by atoms with van der Waals surface area (Å²) in [5.41, 5.74) is 17.8. The molecule has 0 bridgehead atoms. The maximum Gasteiger partial charge on any atom is 0.408 e. The Kier molecular flexibility index (Phi) is 54.3.